The molecule has 2 aromatic rings. The van der Waals surface area contributed by atoms with Gasteiger partial charge in [0.2, 0.25) is 0 Å². The van der Waals surface area contributed by atoms with Crippen LogP contribution in [0.3, 0.4) is 0 Å². The molecule has 6 nitrogen and oxygen atoms in total. The number of hydrogen-bond donors (Lipinski definition) is 0. The first kappa shape index (κ1) is 20.0. The fourth-order valence-corrected chi connectivity index (χ4v) is 2.75. The van der Waals surface area contributed by atoms with E-state index in [1.807, 2.05) is 29.1 Å². The van der Waals surface area contributed by atoms with E-state index in [1.165, 1.54) is 0 Å². The van der Waals surface area contributed by atoms with Gasteiger partial charge < -0.3 is 9.40 Å². The van der Waals surface area contributed by atoms with E-state index in [0.29, 0.717) is 15.6 Å². The molecule has 3 rings (SSSR count). The summed E-state index contributed by atoms with van der Waals surface area (Å²) < 4.78 is 1.86. The number of rotatable bonds is 4. The predicted octanol–water partition coefficient (Wildman–Crippen LogP) is 2.84. The maximum absolute atomic E-state index is 12.2. The van der Waals surface area contributed by atoms with Crippen molar-refractivity contribution >= 4 is 29.4 Å². The Morgan fingerprint density at radius 2 is 1.76 bits per heavy atom. The zero-order valence-electron chi connectivity index (χ0n) is 13.3. The van der Waals surface area contributed by atoms with Crippen LogP contribution in [-0.4, -0.2) is 27.4 Å². The molecule has 1 aliphatic rings. The molecular formula is C17H15ArClN2O4. The number of hydroxylamine groups is 2. The first-order chi connectivity index (χ1) is 11.5. The monoisotopic (exact) mass is 386 g/mol. The van der Waals surface area contributed by atoms with E-state index in [4.69, 9.17) is 16.4 Å². The van der Waals surface area contributed by atoms with Crippen LogP contribution < -0.4 is 0 Å². The molecule has 1 aromatic carbocycles. The molecule has 1 unspecified atom stereocenters. The van der Waals surface area contributed by atoms with Crippen LogP contribution >= 0.6 is 11.6 Å². The van der Waals surface area contributed by atoms with Gasteiger partial charge in [-0.3, -0.25) is 9.59 Å². The van der Waals surface area contributed by atoms with Crippen molar-refractivity contribution in [3.63, 3.8) is 0 Å². The molecular weight excluding hydrogens is 372 g/mol. The topological polar surface area (TPSA) is 68.6 Å². The van der Waals surface area contributed by atoms with Crippen LogP contribution in [0.15, 0.2) is 42.7 Å². The van der Waals surface area contributed by atoms with Gasteiger partial charge >= 0.3 is 5.97 Å². The number of hydrogen-bond acceptors (Lipinski definition) is 4. The van der Waals surface area contributed by atoms with E-state index >= 15 is 0 Å². The van der Waals surface area contributed by atoms with Crippen molar-refractivity contribution in [1.82, 2.24) is 9.63 Å². The van der Waals surface area contributed by atoms with Crippen molar-refractivity contribution in [3.05, 3.63) is 53.3 Å². The summed E-state index contributed by atoms with van der Waals surface area (Å²) in [6.45, 7) is 1.63. The molecule has 0 aliphatic carbocycles. The summed E-state index contributed by atoms with van der Waals surface area (Å²) in [5.74, 6) is -2.34. The second-order valence-electron chi connectivity index (χ2n) is 5.52. The summed E-state index contributed by atoms with van der Waals surface area (Å²) in [6.07, 6.45) is 3.86. The third kappa shape index (κ3) is 4.26. The van der Waals surface area contributed by atoms with Crippen LogP contribution in [0.25, 0.3) is 5.69 Å². The molecule has 1 atom stereocenters. The SMILES string of the molecule is CC(C(=O)ON1C(=O)CCC1=O)c1ccc(-n2cccc2)c(Cl)c1.[Ar]. The predicted molar refractivity (Wildman–Crippen MR) is 86.4 cm³/mol. The molecule has 1 aromatic heterocycles. The molecule has 2 heterocycles. The molecule has 25 heavy (non-hydrogen) atoms. The first-order valence-electron chi connectivity index (χ1n) is 7.48. The zero-order chi connectivity index (χ0) is 17.3. The van der Waals surface area contributed by atoms with E-state index in [-0.39, 0.29) is 50.6 Å². The minimum atomic E-state index is -0.677. The number of aromatic nitrogens is 1. The minimum Gasteiger partial charge on any atom is -0.330 e. The van der Waals surface area contributed by atoms with Crippen LogP contribution in [0, 0.1) is 37.7 Å². The van der Waals surface area contributed by atoms with Gasteiger partial charge in [0.25, 0.3) is 11.8 Å². The van der Waals surface area contributed by atoms with Crippen molar-refractivity contribution in [3.8, 4) is 5.69 Å². The second kappa shape index (κ2) is 8.36. The third-order valence-corrected chi connectivity index (χ3v) is 4.20. The number of benzene rings is 1. The number of halogens is 1. The van der Waals surface area contributed by atoms with Crippen molar-refractivity contribution in [2.24, 2.45) is 0 Å². The summed E-state index contributed by atoms with van der Waals surface area (Å²) in [5.41, 5.74) is 1.43. The van der Waals surface area contributed by atoms with Crippen LogP contribution in [0.4, 0.5) is 0 Å². The summed E-state index contributed by atoms with van der Waals surface area (Å²) in [6, 6.07) is 9.01. The van der Waals surface area contributed by atoms with E-state index in [1.54, 1.807) is 25.1 Å². The minimum absolute atomic E-state index is 0. The number of carbonyl (C=O) groups excluding carboxylic acids is 3. The molecule has 0 radical (unpaired) electrons. The summed E-state index contributed by atoms with van der Waals surface area (Å²) in [7, 11) is 0. The molecule has 8 heteroatoms. The van der Waals surface area contributed by atoms with Gasteiger partial charge in [0.1, 0.15) is 0 Å². The van der Waals surface area contributed by atoms with Gasteiger partial charge in [0.05, 0.1) is 16.6 Å². The number of nitrogens with zero attached hydrogens (tertiary/aromatic N) is 2. The first-order valence-corrected chi connectivity index (χ1v) is 7.85. The molecule has 1 saturated heterocycles. The van der Waals surface area contributed by atoms with Crippen LogP contribution in [0.2, 0.25) is 5.02 Å². The maximum Gasteiger partial charge on any atom is 0.340 e. The fraction of sp³-hybridized carbons (Fsp3) is 0.235. The van der Waals surface area contributed by atoms with Crippen molar-refractivity contribution in [2.45, 2.75) is 25.7 Å². The Labute approximate surface area is 179 Å². The third-order valence-electron chi connectivity index (χ3n) is 3.89. The standard InChI is InChI=1S/C17H15ClN2O4.Ar/c1-11(17(23)24-20-15(21)6-7-16(20)22)12-4-5-14(13(18)10-12)19-8-2-3-9-19;/h2-5,8-11H,6-7H2,1H3;. The van der Waals surface area contributed by atoms with E-state index in [9.17, 15) is 14.4 Å². The largest absolute Gasteiger partial charge is 0.340 e. The summed E-state index contributed by atoms with van der Waals surface area (Å²) in [5, 5.41) is 1.03. The van der Waals surface area contributed by atoms with E-state index in [2.05, 4.69) is 0 Å². The number of amides is 2. The average Bonchev–Trinajstić information content (AvgIpc) is 3.19. The zero-order valence-corrected chi connectivity index (χ0v) is 14.8. The Morgan fingerprint density at radius 1 is 1.16 bits per heavy atom. The molecule has 0 bridgehead atoms. The van der Waals surface area contributed by atoms with Gasteiger partial charge in [-0.2, -0.15) is 0 Å². The fourth-order valence-electron chi connectivity index (χ4n) is 2.46. The average molecular weight is 387 g/mol. The van der Waals surface area contributed by atoms with Crippen molar-refractivity contribution in [2.75, 3.05) is 0 Å². The van der Waals surface area contributed by atoms with Gasteiger partial charge in [-0.1, -0.05) is 17.7 Å². The maximum atomic E-state index is 12.2. The second-order valence-corrected chi connectivity index (χ2v) is 5.92. The van der Waals surface area contributed by atoms with Crippen molar-refractivity contribution < 1.29 is 57.0 Å². The Morgan fingerprint density at radius 3 is 2.32 bits per heavy atom. The van der Waals surface area contributed by atoms with Gasteiger partial charge in [0.15, 0.2) is 0 Å². The van der Waals surface area contributed by atoms with Gasteiger partial charge in [-0.15, -0.1) is 5.06 Å². The van der Waals surface area contributed by atoms with Crippen LogP contribution in [-0.2, 0) is 19.2 Å². The Kier molecular flexibility index (Phi) is 6.68. The van der Waals surface area contributed by atoms with Gasteiger partial charge in [-0.25, -0.2) is 4.79 Å². The smallest absolute Gasteiger partial charge is 0.330 e. The quantitative estimate of drug-likeness (QED) is 0.758. The molecule has 0 saturated carbocycles. The number of imide groups is 1. The molecule has 2 amide bonds. The normalized spacial score (nSPS) is 15.0. The van der Waals surface area contributed by atoms with Crippen LogP contribution in [0.5, 0.6) is 0 Å². The van der Waals surface area contributed by atoms with E-state index < -0.39 is 23.7 Å². The van der Waals surface area contributed by atoms with E-state index in [0.717, 1.165) is 5.69 Å². The Hall–Kier alpha value is -1.34. The Bertz CT molecular complexity index is 791. The van der Waals surface area contributed by atoms with Gasteiger partial charge in [0, 0.05) is 63.0 Å². The summed E-state index contributed by atoms with van der Waals surface area (Å²) >= 11 is 6.29. The van der Waals surface area contributed by atoms with Crippen molar-refractivity contribution in [1.29, 1.82) is 0 Å². The molecule has 1 aliphatic heterocycles. The molecule has 132 valence electrons. The van der Waals surface area contributed by atoms with Crippen LogP contribution in [0.1, 0.15) is 31.2 Å². The molecule has 0 spiro atoms. The summed E-state index contributed by atoms with van der Waals surface area (Å²) in [4.78, 5) is 40.2. The van der Waals surface area contributed by atoms with Gasteiger partial charge in [-0.05, 0) is 36.8 Å². The molecule has 1 fully saturated rings. The number of carbonyl (C=O) groups is 3. The molecule has 0 N–H and O–H groups in total. The Balaban J connectivity index is 0.00000225.